The van der Waals surface area contributed by atoms with Crippen molar-refractivity contribution in [2.45, 2.75) is 24.7 Å². The number of piperidine rings is 1. The number of hydrogen-bond donors (Lipinski definition) is 1. The lowest BCUT2D eigenvalue weighted by atomic mass is 9.97. The third kappa shape index (κ3) is 4.22. The summed E-state index contributed by atoms with van der Waals surface area (Å²) < 4.78 is 43.2. The Balaban J connectivity index is 1.35. The van der Waals surface area contributed by atoms with Crippen LogP contribution in [0.2, 0.25) is 0 Å². The first-order valence-electron chi connectivity index (χ1n) is 9.91. The van der Waals surface area contributed by atoms with E-state index in [1.54, 1.807) is 42.5 Å². The van der Waals surface area contributed by atoms with Crippen LogP contribution >= 0.6 is 0 Å². The second-order valence-corrected chi connectivity index (χ2v) is 9.08. The normalized spacial score (nSPS) is 17.0. The zero-order valence-corrected chi connectivity index (χ0v) is 17.5. The highest BCUT2D eigenvalue weighted by atomic mass is 32.2. The number of carbonyl (C=O) groups is 1. The Morgan fingerprint density at radius 1 is 1.10 bits per heavy atom. The minimum absolute atomic E-state index is 0.119. The summed E-state index contributed by atoms with van der Waals surface area (Å²) in [7, 11) is -3.59. The minimum Gasteiger partial charge on any atom is -0.494 e. The summed E-state index contributed by atoms with van der Waals surface area (Å²) in [4.78, 5) is 12.9. The van der Waals surface area contributed by atoms with Crippen LogP contribution in [0, 0.1) is 5.92 Å². The molecular formula is C21H24N2O6S. The molecule has 2 aliphatic heterocycles. The maximum absolute atomic E-state index is 12.9. The highest BCUT2D eigenvalue weighted by Gasteiger charge is 2.32. The van der Waals surface area contributed by atoms with Gasteiger partial charge in [0.15, 0.2) is 11.5 Å². The summed E-state index contributed by atoms with van der Waals surface area (Å²) in [6.07, 6.45) is 0.930. The van der Waals surface area contributed by atoms with E-state index in [-0.39, 0.29) is 23.5 Å². The van der Waals surface area contributed by atoms with Crippen molar-refractivity contribution < 1.29 is 27.4 Å². The average Bonchev–Trinajstić information content (AvgIpc) is 3.22. The summed E-state index contributed by atoms with van der Waals surface area (Å²) in [5.41, 5.74) is 0.633. The van der Waals surface area contributed by atoms with Crippen LogP contribution in [0.4, 0.5) is 5.69 Å². The summed E-state index contributed by atoms with van der Waals surface area (Å²) in [5.74, 6) is 1.52. The first-order valence-corrected chi connectivity index (χ1v) is 11.3. The number of hydrogen-bond acceptors (Lipinski definition) is 6. The van der Waals surface area contributed by atoms with Crippen LogP contribution in [0.1, 0.15) is 19.8 Å². The highest BCUT2D eigenvalue weighted by molar-refractivity contribution is 7.89. The molecule has 1 N–H and O–H groups in total. The Bertz CT molecular complexity index is 1010. The van der Waals surface area contributed by atoms with Gasteiger partial charge in [0.2, 0.25) is 22.7 Å². The fourth-order valence-corrected chi connectivity index (χ4v) is 5.07. The Morgan fingerprint density at radius 2 is 1.80 bits per heavy atom. The molecule has 2 aromatic carbocycles. The second-order valence-electron chi connectivity index (χ2n) is 7.14. The molecule has 8 nitrogen and oxygen atoms in total. The molecule has 0 atom stereocenters. The predicted octanol–water partition coefficient (Wildman–Crippen LogP) is 2.85. The van der Waals surface area contributed by atoms with E-state index in [0.29, 0.717) is 55.5 Å². The molecule has 0 bridgehead atoms. The number of benzene rings is 2. The van der Waals surface area contributed by atoms with Crippen LogP contribution in [-0.4, -0.2) is 45.1 Å². The molecule has 2 heterocycles. The lowest BCUT2D eigenvalue weighted by molar-refractivity contribution is -0.120. The maximum Gasteiger partial charge on any atom is 0.243 e. The van der Waals surface area contributed by atoms with Gasteiger partial charge in [0.1, 0.15) is 5.75 Å². The van der Waals surface area contributed by atoms with Crippen molar-refractivity contribution in [1.29, 1.82) is 0 Å². The quantitative estimate of drug-likeness (QED) is 0.754. The van der Waals surface area contributed by atoms with E-state index < -0.39 is 10.0 Å². The topological polar surface area (TPSA) is 94.2 Å². The number of carbonyl (C=O) groups excluding carboxylic acids is 1. The molecule has 0 unspecified atom stereocenters. The van der Waals surface area contributed by atoms with Crippen LogP contribution < -0.4 is 19.5 Å². The van der Waals surface area contributed by atoms with Gasteiger partial charge in [0.05, 0.1) is 11.5 Å². The largest absolute Gasteiger partial charge is 0.494 e. The summed E-state index contributed by atoms with van der Waals surface area (Å²) in [5, 5.41) is 2.89. The molecule has 2 aromatic rings. The number of nitrogens with one attached hydrogen (secondary N) is 1. The van der Waals surface area contributed by atoms with Crippen molar-refractivity contribution in [2.24, 2.45) is 5.92 Å². The molecule has 0 saturated carbocycles. The molecular weight excluding hydrogens is 408 g/mol. The Labute approximate surface area is 175 Å². The summed E-state index contributed by atoms with van der Waals surface area (Å²) in [6, 6.07) is 11.7. The average molecular weight is 432 g/mol. The van der Waals surface area contributed by atoms with Gasteiger partial charge in [-0.3, -0.25) is 4.79 Å². The first-order chi connectivity index (χ1) is 14.5. The van der Waals surface area contributed by atoms with Crippen molar-refractivity contribution in [2.75, 3.05) is 31.8 Å². The van der Waals surface area contributed by atoms with Crippen molar-refractivity contribution in [1.82, 2.24) is 4.31 Å². The molecule has 0 spiro atoms. The standard InChI is InChI=1S/C21H24N2O6S/c1-2-27-17-4-6-18(7-5-17)30(25,26)23-11-9-15(10-12-23)21(24)22-16-3-8-19-20(13-16)29-14-28-19/h3-8,13,15H,2,9-12,14H2,1H3,(H,22,24). The van der Waals surface area contributed by atoms with Gasteiger partial charge >= 0.3 is 0 Å². The number of amides is 1. The van der Waals surface area contributed by atoms with E-state index in [4.69, 9.17) is 14.2 Å². The van der Waals surface area contributed by atoms with Gasteiger partial charge in [0.25, 0.3) is 0 Å². The van der Waals surface area contributed by atoms with E-state index >= 15 is 0 Å². The molecule has 4 rings (SSSR count). The fourth-order valence-electron chi connectivity index (χ4n) is 3.60. The van der Waals surface area contributed by atoms with Crippen LogP contribution in [0.3, 0.4) is 0 Å². The Morgan fingerprint density at radius 3 is 2.50 bits per heavy atom. The summed E-state index contributed by atoms with van der Waals surface area (Å²) in [6.45, 7) is 3.17. The van der Waals surface area contributed by atoms with Gasteiger partial charge in [-0.2, -0.15) is 4.31 Å². The van der Waals surface area contributed by atoms with Crippen molar-refractivity contribution in [3.8, 4) is 17.2 Å². The Hall–Kier alpha value is -2.78. The van der Waals surface area contributed by atoms with E-state index in [1.807, 2.05) is 6.92 Å². The van der Waals surface area contributed by atoms with E-state index in [0.717, 1.165) is 0 Å². The van der Waals surface area contributed by atoms with Gasteiger partial charge in [-0.1, -0.05) is 0 Å². The number of sulfonamides is 1. The molecule has 0 radical (unpaired) electrons. The summed E-state index contributed by atoms with van der Waals surface area (Å²) >= 11 is 0. The van der Waals surface area contributed by atoms with Crippen molar-refractivity contribution in [3.05, 3.63) is 42.5 Å². The van der Waals surface area contributed by atoms with Gasteiger partial charge in [-0.15, -0.1) is 0 Å². The monoisotopic (exact) mass is 432 g/mol. The molecule has 1 amide bonds. The molecule has 160 valence electrons. The molecule has 1 saturated heterocycles. The third-order valence-electron chi connectivity index (χ3n) is 5.24. The van der Waals surface area contributed by atoms with E-state index in [9.17, 15) is 13.2 Å². The highest BCUT2D eigenvalue weighted by Crippen LogP contribution is 2.34. The van der Waals surface area contributed by atoms with E-state index in [2.05, 4.69) is 5.32 Å². The zero-order chi connectivity index (χ0) is 21.1. The Kier molecular flexibility index (Phi) is 5.83. The van der Waals surface area contributed by atoms with Gasteiger partial charge in [0, 0.05) is 30.8 Å². The predicted molar refractivity (Wildman–Crippen MR) is 110 cm³/mol. The van der Waals surface area contributed by atoms with Crippen LogP contribution in [-0.2, 0) is 14.8 Å². The van der Waals surface area contributed by atoms with Gasteiger partial charge < -0.3 is 19.5 Å². The number of fused-ring (bicyclic) bond motifs is 1. The zero-order valence-electron chi connectivity index (χ0n) is 16.7. The second kappa shape index (κ2) is 8.53. The SMILES string of the molecule is CCOc1ccc(S(=O)(=O)N2CCC(C(=O)Nc3ccc4c(c3)OCO4)CC2)cc1. The van der Waals surface area contributed by atoms with Crippen LogP contribution in [0.15, 0.2) is 47.4 Å². The fraction of sp³-hybridized carbons (Fsp3) is 0.381. The molecule has 30 heavy (non-hydrogen) atoms. The van der Waals surface area contributed by atoms with Crippen LogP contribution in [0.25, 0.3) is 0 Å². The molecule has 0 aromatic heterocycles. The van der Waals surface area contributed by atoms with Crippen LogP contribution in [0.5, 0.6) is 17.2 Å². The lowest BCUT2D eigenvalue weighted by Crippen LogP contribution is -2.41. The maximum atomic E-state index is 12.9. The van der Waals surface area contributed by atoms with Gasteiger partial charge in [-0.05, 0) is 56.2 Å². The third-order valence-corrected chi connectivity index (χ3v) is 7.15. The number of nitrogens with zero attached hydrogens (tertiary/aromatic N) is 1. The van der Waals surface area contributed by atoms with Gasteiger partial charge in [-0.25, -0.2) is 8.42 Å². The van der Waals surface area contributed by atoms with E-state index in [1.165, 1.54) is 4.31 Å². The minimum atomic E-state index is -3.59. The van der Waals surface area contributed by atoms with Crippen molar-refractivity contribution in [3.63, 3.8) is 0 Å². The molecule has 1 fully saturated rings. The van der Waals surface area contributed by atoms with Crippen molar-refractivity contribution >= 4 is 21.6 Å². The smallest absolute Gasteiger partial charge is 0.243 e. The number of anilines is 1. The first kappa shape index (κ1) is 20.5. The molecule has 0 aliphatic carbocycles. The molecule has 9 heteroatoms. The number of rotatable bonds is 6. The lowest BCUT2D eigenvalue weighted by Gasteiger charge is -2.30. The molecule has 2 aliphatic rings. The number of ether oxygens (including phenoxy) is 3.